The quantitative estimate of drug-likeness (QED) is 0.914. The van der Waals surface area contributed by atoms with Crippen LogP contribution in [-0.4, -0.2) is 14.8 Å². The smallest absolute Gasteiger partial charge is 0.165 e. The van der Waals surface area contributed by atoms with Crippen LogP contribution in [0.25, 0.3) is 0 Å². The summed E-state index contributed by atoms with van der Waals surface area (Å²) in [4.78, 5) is 4.18. The van der Waals surface area contributed by atoms with Crippen molar-refractivity contribution in [2.24, 2.45) is 5.73 Å². The number of halogens is 1. The van der Waals surface area contributed by atoms with Crippen molar-refractivity contribution in [3.63, 3.8) is 0 Å². The summed E-state index contributed by atoms with van der Waals surface area (Å²) in [6.45, 7) is 4.87. The number of nitrogens with two attached hydrogens (primary N) is 1. The van der Waals surface area contributed by atoms with Crippen LogP contribution in [0.2, 0.25) is 5.02 Å². The Labute approximate surface area is 117 Å². The SMILES string of the molecule is CC(C)n1ncnc1COc1ccc(CN)c(Cl)c1. The third-order valence-corrected chi connectivity index (χ3v) is 3.10. The van der Waals surface area contributed by atoms with Gasteiger partial charge in [-0.05, 0) is 31.5 Å². The first-order valence-corrected chi connectivity index (χ1v) is 6.49. The van der Waals surface area contributed by atoms with Crippen LogP contribution in [0.3, 0.4) is 0 Å². The van der Waals surface area contributed by atoms with E-state index in [0.717, 1.165) is 11.4 Å². The Kier molecular flexibility index (Phi) is 4.39. The summed E-state index contributed by atoms with van der Waals surface area (Å²) < 4.78 is 7.50. The molecular weight excluding hydrogens is 264 g/mol. The van der Waals surface area contributed by atoms with Gasteiger partial charge in [-0.2, -0.15) is 5.10 Å². The number of hydrogen-bond acceptors (Lipinski definition) is 4. The molecule has 0 fully saturated rings. The van der Waals surface area contributed by atoms with Crippen molar-refractivity contribution in [1.29, 1.82) is 0 Å². The lowest BCUT2D eigenvalue weighted by Crippen LogP contribution is -2.10. The molecule has 0 saturated carbocycles. The first kappa shape index (κ1) is 13.8. The van der Waals surface area contributed by atoms with Crippen molar-refractivity contribution in [1.82, 2.24) is 14.8 Å². The van der Waals surface area contributed by atoms with Gasteiger partial charge in [0.2, 0.25) is 0 Å². The summed E-state index contributed by atoms with van der Waals surface area (Å²) >= 11 is 6.08. The second-order valence-corrected chi connectivity index (χ2v) is 4.87. The molecular formula is C13H17ClN4O. The number of nitrogens with zero attached hydrogens (tertiary/aromatic N) is 3. The highest BCUT2D eigenvalue weighted by Crippen LogP contribution is 2.22. The Morgan fingerprint density at radius 1 is 1.42 bits per heavy atom. The van der Waals surface area contributed by atoms with Crippen LogP contribution < -0.4 is 10.5 Å². The maximum Gasteiger partial charge on any atom is 0.165 e. The summed E-state index contributed by atoms with van der Waals surface area (Å²) in [7, 11) is 0. The van der Waals surface area contributed by atoms with E-state index >= 15 is 0 Å². The first-order chi connectivity index (χ1) is 9.11. The molecule has 0 spiro atoms. The summed E-state index contributed by atoms with van der Waals surface area (Å²) in [5, 5.41) is 4.77. The molecule has 102 valence electrons. The van der Waals surface area contributed by atoms with Crippen LogP contribution in [0.4, 0.5) is 0 Å². The highest BCUT2D eigenvalue weighted by Gasteiger charge is 2.08. The Bertz CT molecular complexity index is 553. The molecule has 19 heavy (non-hydrogen) atoms. The largest absolute Gasteiger partial charge is 0.486 e. The van der Waals surface area contributed by atoms with Gasteiger partial charge in [-0.25, -0.2) is 9.67 Å². The molecule has 2 aromatic rings. The molecule has 0 aliphatic heterocycles. The number of benzene rings is 1. The minimum atomic E-state index is 0.254. The van der Waals surface area contributed by atoms with Gasteiger partial charge in [-0.1, -0.05) is 17.7 Å². The zero-order valence-corrected chi connectivity index (χ0v) is 11.8. The lowest BCUT2D eigenvalue weighted by molar-refractivity contribution is 0.282. The second kappa shape index (κ2) is 6.04. The molecule has 1 aromatic heterocycles. The highest BCUT2D eigenvalue weighted by atomic mass is 35.5. The van der Waals surface area contributed by atoms with E-state index in [-0.39, 0.29) is 6.04 Å². The van der Waals surface area contributed by atoms with Crippen molar-refractivity contribution in [2.75, 3.05) is 0 Å². The predicted octanol–water partition coefficient (Wildman–Crippen LogP) is 2.55. The Balaban J connectivity index is 2.06. The minimum absolute atomic E-state index is 0.254. The molecule has 6 heteroatoms. The number of aromatic nitrogens is 3. The zero-order valence-electron chi connectivity index (χ0n) is 11.0. The molecule has 2 rings (SSSR count). The van der Waals surface area contributed by atoms with Gasteiger partial charge in [0.25, 0.3) is 0 Å². The molecule has 1 aromatic carbocycles. The monoisotopic (exact) mass is 280 g/mol. The minimum Gasteiger partial charge on any atom is -0.486 e. The fourth-order valence-corrected chi connectivity index (χ4v) is 1.99. The molecule has 5 nitrogen and oxygen atoms in total. The van der Waals surface area contributed by atoms with Crippen molar-refractivity contribution in [2.45, 2.75) is 33.0 Å². The molecule has 0 saturated heterocycles. The molecule has 0 unspecified atom stereocenters. The van der Waals surface area contributed by atoms with Gasteiger partial charge in [0.1, 0.15) is 18.7 Å². The van der Waals surface area contributed by atoms with Crippen LogP contribution >= 0.6 is 11.6 Å². The summed E-state index contributed by atoms with van der Waals surface area (Å²) in [6, 6.07) is 5.73. The third kappa shape index (κ3) is 3.24. The normalized spacial score (nSPS) is 11.0. The maximum absolute atomic E-state index is 6.08. The van der Waals surface area contributed by atoms with Crippen molar-refractivity contribution >= 4 is 11.6 Å². The van der Waals surface area contributed by atoms with Crippen molar-refractivity contribution < 1.29 is 4.74 Å². The van der Waals surface area contributed by atoms with Gasteiger partial charge in [0.15, 0.2) is 5.82 Å². The highest BCUT2D eigenvalue weighted by molar-refractivity contribution is 6.31. The van der Waals surface area contributed by atoms with E-state index in [2.05, 4.69) is 10.1 Å². The van der Waals surface area contributed by atoms with Gasteiger partial charge in [-0.15, -0.1) is 0 Å². The fraction of sp³-hybridized carbons (Fsp3) is 0.385. The third-order valence-electron chi connectivity index (χ3n) is 2.75. The molecule has 1 heterocycles. The second-order valence-electron chi connectivity index (χ2n) is 4.46. The lowest BCUT2D eigenvalue weighted by Gasteiger charge is -2.11. The number of rotatable bonds is 5. The topological polar surface area (TPSA) is 66.0 Å². The van der Waals surface area contributed by atoms with Gasteiger partial charge >= 0.3 is 0 Å². The van der Waals surface area contributed by atoms with Crippen molar-refractivity contribution in [3.05, 3.63) is 40.9 Å². The molecule has 2 N–H and O–H groups in total. The van der Waals surface area contributed by atoms with E-state index in [1.165, 1.54) is 6.33 Å². The Hall–Kier alpha value is -1.59. The van der Waals surface area contributed by atoms with E-state index < -0.39 is 0 Å². The summed E-state index contributed by atoms with van der Waals surface area (Å²) in [6.07, 6.45) is 1.53. The number of ether oxygens (including phenoxy) is 1. The molecule has 0 amide bonds. The maximum atomic E-state index is 6.08. The van der Waals surface area contributed by atoms with E-state index in [1.54, 1.807) is 6.07 Å². The van der Waals surface area contributed by atoms with E-state index in [4.69, 9.17) is 22.1 Å². The van der Waals surface area contributed by atoms with Crippen LogP contribution in [0, 0.1) is 0 Å². The summed E-state index contributed by atoms with van der Waals surface area (Å²) in [5.41, 5.74) is 6.46. The van der Waals surface area contributed by atoms with Crippen LogP contribution in [0.1, 0.15) is 31.3 Å². The van der Waals surface area contributed by atoms with Gasteiger partial charge in [0, 0.05) is 17.6 Å². The van der Waals surface area contributed by atoms with Crippen molar-refractivity contribution in [3.8, 4) is 5.75 Å². The molecule has 0 aliphatic rings. The zero-order chi connectivity index (χ0) is 13.8. The standard InChI is InChI=1S/C13H17ClN4O/c1-9(2)18-13(16-8-17-18)7-19-11-4-3-10(6-15)12(14)5-11/h3-5,8-9H,6-7,15H2,1-2H3. The van der Waals surface area contributed by atoms with Gasteiger partial charge in [0.05, 0.1) is 0 Å². The summed E-state index contributed by atoms with van der Waals surface area (Å²) in [5.74, 6) is 1.48. The van der Waals surface area contributed by atoms with Crippen LogP contribution in [-0.2, 0) is 13.2 Å². The molecule has 0 aliphatic carbocycles. The fourth-order valence-electron chi connectivity index (χ4n) is 1.74. The first-order valence-electron chi connectivity index (χ1n) is 6.11. The number of hydrogen-bond donors (Lipinski definition) is 1. The molecule has 0 atom stereocenters. The average molecular weight is 281 g/mol. The molecule has 0 radical (unpaired) electrons. The van der Waals surface area contributed by atoms with Crippen LogP contribution in [0.5, 0.6) is 5.75 Å². The van der Waals surface area contributed by atoms with Gasteiger partial charge in [-0.3, -0.25) is 0 Å². The Morgan fingerprint density at radius 3 is 2.84 bits per heavy atom. The van der Waals surface area contributed by atoms with E-state index in [0.29, 0.717) is 23.9 Å². The predicted molar refractivity (Wildman–Crippen MR) is 74.1 cm³/mol. The van der Waals surface area contributed by atoms with E-state index in [9.17, 15) is 0 Å². The van der Waals surface area contributed by atoms with Gasteiger partial charge < -0.3 is 10.5 Å². The van der Waals surface area contributed by atoms with Crippen LogP contribution in [0.15, 0.2) is 24.5 Å². The molecule has 0 bridgehead atoms. The lowest BCUT2D eigenvalue weighted by atomic mass is 10.2. The Morgan fingerprint density at radius 2 is 2.21 bits per heavy atom. The average Bonchev–Trinajstić information content (AvgIpc) is 2.85. The van der Waals surface area contributed by atoms with E-state index in [1.807, 2.05) is 30.7 Å².